The highest BCUT2D eigenvalue weighted by atomic mass is 31.2. The fraction of sp³-hybridized carbons (Fsp3) is 0.278. The Hall–Kier alpha value is -1.74. The first-order valence-electron chi connectivity index (χ1n) is 7.28. The van der Waals surface area contributed by atoms with Gasteiger partial charge in [-0.05, 0) is 43.5 Å². The van der Waals surface area contributed by atoms with Gasteiger partial charge in [0, 0.05) is 25.3 Å². The van der Waals surface area contributed by atoms with Gasteiger partial charge in [-0.25, -0.2) is 0 Å². The van der Waals surface area contributed by atoms with Crippen molar-refractivity contribution < 1.29 is 18.4 Å². The van der Waals surface area contributed by atoms with Crippen LogP contribution in [0.3, 0.4) is 0 Å². The lowest BCUT2D eigenvalue weighted by Crippen LogP contribution is -2.22. The average Bonchev–Trinajstić information content (AvgIpc) is 2.59. The Bertz CT molecular complexity index is 773. The standard InChI is InChI=1S/C18H21O4P/c1-12-11-16(23(20,21-4)22-5)17(14(3)13(12)2)18(19)15-9-7-6-8-10-15/h6-11H,1-5H3. The minimum atomic E-state index is -3.54. The van der Waals surface area contributed by atoms with E-state index < -0.39 is 7.60 Å². The van der Waals surface area contributed by atoms with Gasteiger partial charge >= 0.3 is 7.60 Å². The van der Waals surface area contributed by atoms with Crippen molar-refractivity contribution in [1.29, 1.82) is 0 Å². The van der Waals surface area contributed by atoms with E-state index in [1.165, 1.54) is 14.2 Å². The van der Waals surface area contributed by atoms with E-state index in [0.29, 0.717) is 16.4 Å². The Morgan fingerprint density at radius 1 is 0.957 bits per heavy atom. The summed E-state index contributed by atoms with van der Waals surface area (Å²) in [5.74, 6) is -0.185. The minimum absolute atomic E-state index is 0.185. The van der Waals surface area contributed by atoms with Crippen molar-refractivity contribution in [1.82, 2.24) is 0 Å². The maximum Gasteiger partial charge on any atom is 0.361 e. The smallest absolute Gasteiger partial charge is 0.309 e. The van der Waals surface area contributed by atoms with Crippen LogP contribution in [-0.4, -0.2) is 20.0 Å². The summed E-state index contributed by atoms with van der Waals surface area (Å²) in [6.07, 6.45) is 0. The molecular formula is C18H21O4P. The van der Waals surface area contributed by atoms with Gasteiger partial charge in [-0.1, -0.05) is 30.3 Å². The number of rotatable bonds is 5. The third kappa shape index (κ3) is 3.16. The van der Waals surface area contributed by atoms with Crippen molar-refractivity contribution in [3.8, 4) is 0 Å². The molecular weight excluding hydrogens is 311 g/mol. The number of hydrogen-bond donors (Lipinski definition) is 0. The van der Waals surface area contributed by atoms with Crippen LogP contribution in [0.4, 0.5) is 0 Å². The molecule has 0 saturated heterocycles. The van der Waals surface area contributed by atoms with Gasteiger partial charge in [-0.2, -0.15) is 0 Å². The molecule has 2 rings (SSSR count). The van der Waals surface area contributed by atoms with Gasteiger partial charge in [0.25, 0.3) is 0 Å². The fourth-order valence-corrected chi connectivity index (χ4v) is 4.01. The van der Waals surface area contributed by atoms with Crippen molar-refractivity contribution in [2.45, 2.75) is 20.8 Å². The Labute approximate surface area is 137 Å². The second kappa shape index (κ2) is 6.79. The molecule has 2 aromatic carbocycles. The fourth-order valence-electron chi connectivity index (χ4n) is 2.57. The van der Waals surface area contributed by atoms with Gasteiger partial charge < -0.3 is 9.05 Å². The molecule has 0 unspecified atom stereocenters. The third-order valence-corrected chi connectivity index (χ3v) is 6.08. The SMILES string of the molecule is COP(=O)(OC)c1cc(C)c(C)c(C)c1C(=O)c1ccccc1. The van der Waals surface area contributed by atoms with Crippen LogP contribution in [0.1, 0.15) is 32.6 Å². The van der Waals surface area contributed by atoms with Crippen LogP contribution in [0.15, 0.2) is 36.4 Å². The summed E-state index contributed by atoms with van der Waals surface area (Å²) >= 11 is 0. The molecule has 0 aliphatic heterocycles. The van der Waals surface area contributed by atoms with Crippen LogP contribution in [0.2, 0.25) is 0 Å². The lowest BCUT2D eigenvalue weighted by molar-refractivity contribution is 0.103. The maximum atomic E-state index is 13.0. The molecule has 0 aliphatic rings. The molecule has 122 valence electrons. The Morgan fingerprint density at radius 2 is 1.52 bits per heavy atom. The first kappa shape index (κ1) is 17.6. The highest BCUT2D eigenvalue weighted by Gasteiger charge is 2.32. The summed E-state index contributed by atoms with van der Waals surface area (Å²) in [4.78, 5) is 13.0. The molecule has 2 aromatic rings. The second-order valence-corrected chi connectivity index (χ2v) is 7.60. The van der Waals surface area contributed by atoms with Gasteiger partial charge in [0.15, 0.2) is 5.78 Å². The molecule has 0 spiro atoms. The molecule has 0 atom stereocenters. The van der Waals surface area contributed by atoms with Crippen LogP contribution >= 0.6 is 7.60 Å². The molecule has 0 saturated carbocycles. The largest absolute Gasteiger partial charge is 0.361 e. The number of hydrogen-bond acceptors (Lipinski definition) is 4. The Balaban J connectivity index is 2.78. The molecule has 0 amide bonds. The van der Waals surface area contributed by atoms with E-state index in [1.807, 2.05) is 26.8 Å². The van der Waals surface area contributed by atoms with Crippen molar-refractivity contribution in [3.63, 3.8) is 0 Å². The first-order valence-corrected chi connectivity index (χ1v) is 8.82. The van der Waals surface area contributed by atoms with Crippen molar-refractivity contribution in [2.75, 3.05) is 14.2 Å². The van der Waals surface area contributed by atoms with E-state index in [-0.39, 0.29) is 5.78 Å². The van der Waals surface area contributed by atoms with Crippen molar-refractivity contribution in [3.05, 3.63) is 64.2 Å². The normalized spacial score (nSPS) is 11.5. The number of ketones is 1. The van der Waals surface area contributed by atoms with Crippen molar-refractivity contribution >= 4 is 18.7 Å². The molecule has 23 heavy (non-hydrogen) atoms. The average molecular weight is 332 g/mol. The summed E-state index contributed by atoms with van der Waals surface area (Å²) in [6.45, 7) is 5.72. The zero-order valence-electron chi connectivity index (χ0n) is 14.0. The van der Waals surface area contributed by atoms with Crippen LogP contribution < -0.4 is 5.30 Å². The van der Waals surface area contributed by atoms with Gasteiger partial charge in [0.2, 0.25) is 0 Å². The van der Waals surface area contributed by atoms with Crippen LogP contribution in [0, 0.1) is 20.8 Å². The topological polar surface area (TPSA) is 52.6 Å². The highest BCUT2D eigenvalue weighted by molar-refractivity contribution is 7.62. The molecule has 0 aliphatic carbocycles. The molecule has 0 aromatic heterocycles. The van der Waals surface area contributed by atoms with E-state index in [0.717, 1.165) is 16.7 Å². The molecule has 5 heteroatoms. The first-order chi connectivity index (χ1) is 10.9. The third-order valence-electron chi connectivity index (χ3n) is 4.18. The maximum absolute atomic E-state index is 13.0. The summed E-state index contributed by atoms with van der Waals surface area (Å²) in [5.41, 5.74) is 3.66. The van der Waals surface area contributed by atoms with Gasteiger partial charge in [-0.15, -0.1) is 0 Å². The summed E-state index contributed by atoms with van der Waals surface area (Å²) in [5, 5.41) is 0.317. The monoisotopic (exact) mass is 332 g/mol. The minimum Gasteiger partial charge on any atom is -0.309 e. The lowest BCUT2D eigenvalue weighted by Gasteiger charge is -2.21. The zero-order chi connectivity index (χ0) is 17.2. The van der Waals surface area contributed by atoms with E-state index >= 15 is 0 Å². The van der Waals surface area contributed by atoms with Gasteiger partial charge in [0.1, 0.15) is 0 Å². The quantitative estimate of drug-likeness (QED) is 0.614. The van der Waals surface area contributed by atoms with Gasteiger partial charge in [-0.3, -0.25) is 9.36 Å². The number of carbonyl (C=O) groups excluding carboxylic acids is 1. The van der Waals surface area contributed by atoms with E-state index in [1.54, 1.807) is 30.3 Å². The van der Waals surface area contributed by atoms with Crippen LogP contribution in [0.25, 0.3) is 0 Å². The van der Waals surface area contributed by atoms with Crippen LogP contribution in [-0.2, 0) is 13.6 Å². The van der Waals surface area contributed by atoms with E-state index in [4.69, 9.17) is 9.05 Å². The lowest BCUT2D eigenvalue weighted by atomic mass is 9.93. The summed E-state index contributed by atoms with van der Waals surface area (Å²) in [7, 11) is -0.890. The second-order valence-electron chi connectivity index (χ2n) is 5.40. The molecule has 4 nitrogen and oxygen atoms in total. The molecule has 0 fully saturated rings. The zero-order valence-corrected chi connectivity index (χ0v) is 14.9. The molecule has 0 bridgehead atoms. The van der Waals surface area contributed by atoms with Gasteiger partial charge in [0.05, 0.1) is 5.30 Å². The summed E-state index contributed by atoms with van der Waals surface area (Å²) < 4.78 is 23.2. The Morgan fingerprint density at radius 3 is 2.04 bits per heavy atom. The van der Waals surface area contributed by atoms with E-state index in [9.17, 15) is 9.36 Å². The van der Waals surface area contributed by atoms with Crippen molar-refractivity contribution in [2.24, 2.45) is 0 Å². The number of carbonyl (C=O) groups is 1. The molecule has 0 radical (unpaired) electrons. The Kier molecular flexibility index (Phi) is 5.20. The molecule has 0 N–H and O–H groups in total. The predicted molar refractivity (Wildman–Crippen MR) is 91.8 cm³/mol. The predicted octanol–water partition coefficient (Wildman–Crippen LogP) is 3.95. The highest BCUT2D eigenvalue weighted by Crippen LogP contribution is 2.47. The van der Waals surface area contributed by atoms with E-state index in [2.05, 4.69) is 0 Å². The number of benzene rings is 2. The summed E-state index contributed by atoms with van der Waals surface area (Å²) in [6, 6.07) is 10.7. The van der Waals surface area contributed by atoms with Crippen LogP contribution in [0.5, 0.6) is 0 Å². The molecule has 0 heterocycles. The number of aryl methyl sites for hydroxylation is 1.